The zero-order valence-electron chi connectivity index (χ0n) is 18.0. The van der Waals surface area contributed by atoms with Gasteiger partial charge in [0.05, 0.1) is 0 Å². The average molecular weight is 640 g/mol. The first-order chi connectivity index (χ1) is 18.1. The minimum atomic E-state index is -7.70. The van der Waals surface area contributed by atoms with Crippen molar-refractivity contribution >= 4 is 21.5 Å². The number of alkyl halides is 14. The molecule has 0 amide bonds. The molecule has 228 valence electrons. The molecule has 0 atom stereocenters. The van der Waals surface area contributed by atoms with E-state index in [2.05, 4.69) is 0 Å². The van der Waals surface area contributed by atoms with E-state index in [1.54, 1.807) is 0 Å². The molecule has 0 aliphatic heterocycles. The zero-order valence-corrected chi connectivity index (χ0v) is 18.0. The SMILES string of the molecule is Fc1cc2c(C(F)(F)C(F)(F)C(F)(F)F)c3c(F)c(F)c(F)c(F)c3c(C(F)(F)C(F)(F)C(F)(F)F)c2c(F)c1F. The molecule has 0 spiro atoms. The van der Waals surface area contributed by atoms with Crippen molar-refractivity contribution in [1.82, 2.24) is 0 Å². The van der Waals surface area contributed by atoms with Crippen LogP contribution in [0.15, 0.2) is 6.07 Å². The Hall–Kier alpha value is -3.29. The molecule has 41 heavy (non-hydrogen) atoms. The lowest BCUT2D eigenvalue weighted by molar-refractivity contribution is -0.359. The number of halogens is 21. The van der Waals surface area contributed by atoms with Gasteiger partial charge in [0.1, 0.15) is 0 Å². The molecule has 0 aliphatic carbocycles. The number of fused-ring (bicyclic) bond motifs is 2. The van der Waals surface area contributed by atoms with Crippen LogP contribution in [0.3, 0.4) is 0 Å². The molecule has 0 N–H and O–H groups in total. The van der Waals surface area contributed by atoms with Gasteiger partial charge in [0.25, 0.3) is 0 Å². The lowest BCUT2D eigenvalue weighted by Crippen LogP contribution is -2.51. The lowest BCUT2D eigenvalue weighted by Gasteiger charge is -2.33. The van der Waals surface area contributed by atoms with Crippen molar-refractivity contribution in [2.24, 2.45) is 0 Å². The minimum Gasteiger partial charge on any atom is -0.204 e. The molecule has 0 unspecified atom stereocenters. The topological polar surface area (TPSA) is 0 Å². The maximum atomic E-state index is 14.8. The zero-order chi connectivity index (χ0) is 32.2. The molecule has 0 saturated heterocycles. The number of benzene rings is 3. The van der Waals surface area contributed by atoms with Crippen molar-refractivity contribution in [1.29, 1.82) is 0 Å². The summed E-state index contributed by atoms with van der Waals surface area (Å²) in [6.45, 7) is 0. The summed E-state index contributed by atoms with van der Waals surface area (Å²) in [4.78, 5) is 0. The predicted molar refractivity (Wildman–Crippen MR) is 91.0 cm³/mol. The second-order valence-electron chi connectivity index (χ2n) is 7.96. The normalized spacial score (nSPS) is 14.5. The Kier molecular flexibility index (Phi) is 6.96. The minimum absolute atomic E-state index is 1.27. The Labute approximate surface area is 208 Å². The molecule has 0 saturated carbocycles. The molecule has 0 radical (unpaired) electrons. The van der Waals surface area contributed by atoms with Crippen LogP contribution in [0.25, 0.3) is 21.5 Å². The second kappa shape index (κ2) is 8.85. The van der Waals surface area contributed by atoms with Crippen LogP contribution in [-0.2, 0) is 11.8 Å². The van der Waals surface area contributed by atoms with Crippen molar-refractivity contribution in [3.63, 3.8) is 0 Å². The highest BCUT2D eigenvalue weighted by Gasteiger charge is 2.76. The summed E-state index contributed by atoms with van der Waals surface area (Å²) in [7, 11) is 0. The summed E-state index contributed by atoms with van der Waals surface area (Å²) in [6.07, 6.45) is -15.1. The molecule has 0 aromatic heterocycles. The fourth-order valence-electron chi connectivity index (χ4n) is 3.71. The Morgan fingerprint density at radius 3 is 1.05 bits per heavy atom. The van der Waals surface area contributed by atoms with Gasteiger partial charge in [-0.3, -0.25) is 0 Å². The molecule has 0 fully saturated rings. The van der Waals surface area contributed by atoms with Crippen LogP contribution in [-0.4, -0.2) is 24.2 Å². The molecular formula is C20HF21. The van der Waals surface area contributed by atoms with Crippen molar-refractivity contribution in [2.45, 2.75) is 36.0 Å². The van der Waals surface area contributed by atoms with E-state index in [0.29, 0.717) is 0 Å². The molecule has 21 heteroatoms. The van der Waals surface area contributed by atoms with Crippen LogP contribution in [0.5, 0.6) is 0 Å². The predicted octanol–water partition coefficient (Wildman–Crippen LogP) is 9.55. The summed E-state index contributed by atoms with van der Waals surface area (Å²) >= 11 is 0. The quantitative estimate of drug-likeness (QED) is 0.115. The summed E-state index contributed by atoms with van der Waals surface area (Å²) in [5, 5.41) is -13.6. The lowest BCUT2D eigenvalue weighted by atomic mass is 9.82. The first-order valence-corrected chi connectivity index (χ1v) is 9.55. The molecule has 3 rings (SSSR count). The smallest absolute Gasteiger partial charge is 0.204 e. The van der Waals surface area contributed by atoms with E-state index >= 15 is 0 Å². The highest BCUT2D eigenvalue weighted by Crippen LogP contribution is 2.60. The fraction of sp³-hybridized carbons (Fsp3) is 0.300. The van der Waals surface area contributed by atoms with E-state index in [1.807, 2.05) is 0 Å². The van der Waals surface area contributed by atoms with Gasteiger partial charge in [-0.1, -0.05) is 0 Å². The maximum absolute atomic E-state index is 14.8. The molecule has 0 nitrogen and oxygen atoms in total. The van der Waals surface area contributed by atoms with E-state index in [0.717, 1.165) is 0 Å². The first kappa shape index (κ1) is 32.2. The summed E-state index contributed by atoms with van der Waals surface area (Å²) < 4.78 is 291. The van der Waals surface area contributed by atoms with Gasteiger partial charge in [-0.05, 0) is 11.5 Å². The fourth-order valence-corrected chi connectivity index (χ4v) is 3.71. The van der Waals surface area contributed by atoms with Crippen LogP contribution >= 0.6 is 0 Å². The average Bonchev–Trinajstić information content (AvgIpc) is 2.81. The summed E-state index contributed by atoms with van der Waals surface area (Å²) in [5.41, 5.74) is -7.70. The van der Waals surface area contributed by atoms with E-state index in [-0.39, 0.29) is 0 Å². The third-order valence-electron chi connectivity index (χ3n) is 5.58. The summed E-state index contributed by atoms with van der Waals surface area (Å²) in [5.74, 6) is -54.7. The maximum Gasteiger partial charge on any atom is 0.460 e. The van der Waals surface area contributed by atoms with Gasteiger partial charge in [-0.25, -0.2) is 30.7 Å². The van der Waals surface area contributed by atoms with Gasteiger partial charge >= 0.3 is 36.0 Å². The van der Waals surface area contributed by atoms with Crippen LogP contribution in [0.1, 0.15) is 11.1 Å². The van der Waals surface area contributed by atoms with E-state index in [4.69, 9.17) is 0 Å². The van der Waals surface area contributed by atoms with E-state index < -0.39 is 116 Å². The van der Waals surface area contributed by atoms with Crippen molar-refractivity contribution in [3.8, 4) is 0 Å². The largest absolute Gasteiger partial charge is 0.460 e. The Morgan fingerprint density at radius 2 is 0.683 bits per heavy atom. The van der Waals surface area contributed by atoms with Crippen LogP contribution in [0.2, 0.25) is 0 Å². The Morgan fingerprint density at radius 1 is 0.366 bits per heavy atom. The molecule has 3 aromatic carbocycles. The number of rotatable bonds is 4. The monoisotopic (exact) mass is 640 g/mol. The third-order valence-corrected chi connectivity index (χ3v) is 5.58. The van der Waals surface area contributed by atoms with Gasteiger partial charge in [-0.15, -0.1) is 0 Å². The van der Waals surface area contributed by atoms with Crippen LogP contribution in [0.4, 0.5) is 92.2 Å². The van der Waals surface area contributed by atoms with Gasteiger partial charge in [0.2, 0.25) is 0 Å². The molecule has 0 heterocycles. The Balaban J connectivity index is 2.97. The van der Waals surface area contributed by atoms with Gasteiger partial charge in [-0.2, -0.15) is 61.5 Å². The van der Waals surface area contributed by atoms with Gasteiger partial charge < -0.3 is 0 Å². The highest BCUT2D eigenvalue weighted by molar-refractivity contribution is 6.08. The number of hydrogen-bond donors (Lipinski definition) is 0. The number of hydrogen-bond acceptors (Lipinski definition) is 0. The van der Waals surface area contributed by atoms with Crippen molar-refractivity contribution < 1.29 is 92.2 Å². The second-order valence-corrected chi connectivity index (χ2v) is 7.96. The first-order valence-electron chi connectivity index (χ1n) is 9.55. The standard InChI is InChI=1S/C20HF21/c21-3-1-2-4(10(23)9(3)22)8(16(30,31)18(34,35)20(39,40)41)6-5(11(24)13(26)14(27)12(6)25)7(2)15(28,29)17(32,33)19(36,37)38/h1H. The van der Waals surface area contributed by atoms with Gasteiger partial charge in [0.15, 0.2) is 40.7 Å². The van der Waals surface area contributed by atoms with E-state index in [9.17, 15) is 92.2 Å². The molecule has 3 aromatic rings. The molecular weight excluding hydrogens is 639 g/mol. The Bertz CT molecular complexity index is 1570. The third kappa shape index (κ3) is 4.03. The van der Waals surface area contributed by atoms with Crippen molar-refractivity contribution in [3.05, 3.63) is 57.9 Å². The van der Waals surface area contributed by atoms with Crippen molar-refractivity contribution in [2.75, 3.05) is 0 Å². The molecule has 0 aliphatic rings. The summed E-state index contributed by atoms with van der Waals surface area (Å²) in [6, 6.07) is -1.27. The van der Waals surface area contributed by atoms with Crippen LogP contribution in [0, 0.1) is 40.7 Å². The van der Waals surface area contributed by atoms with Gasteiger partial charge in [0, 0.05) is 27.3 Å². The van der Waals surface area contributed by atoms with E-state index in [1.165, 1.54) is 0 Å². The molecule has 0 bridgehead atoms. The van der Waals surface area contributed by atoms with Crippen LogP contribution < -0.4 is 0 Å². The highest BCUT2D eigenvalue weighted by atomic mass is 19.4.